The maximum Gasteiger partial charge on any atom is 0.220 e. The van der Waals surface area contributed by atoms with Crippen molar-refractivity contribution in [2.75, 3.05) is 13.2 Å². The van der Waals surface area contributed by atoms with Crippen LogP contribution in [0.15, 0.2) is 0 Å². The number of rotatable bonds is 2. The molecular formula is C11H21NO2. The van der Waals surface area contributed by atoms with Crippen LogP contribution in [0.5, 0.6) is 0 Å². The van der Waals surface area contributed by atoms with Crippen LogP contribution < -0.4 is 5.32 Å². The predicted octanol–water partition coefficient (Wildman–Crippen LogP) is 1.72. The van der Waals surface area contributed by atoms with Crippen molar-refractivity contribution in [2.24, 2.45) is 5.41 Å². The molecule has 3 heteroatoms. The summed E-state index contributed by atoms with van der Waals surface area (Å²) in [6, 6.07) is 0.296. The Bertz CT molecular complexity index is 199. The highest BCUT2D eigenvalue weighted by molar-refractivity contribution is 5.76. The molecule has 3 nitrogen and oxygen atoms in total. The first-order valence-corrected chi connectivity index (χ1v) is 5.64. The Balaban J connectivity index is 0.000000461. The zero-order chi connectivity index (χ0) is 10.6. The van der Waals surface area contributed by atoms with Gasteiger partial charge in [0.1, 0.15) is 0 Å². The van der Waals surface area contributed by atoms with Gasteiger partial charge in [0.05, 0.1) is 19.3 Å². The third-order valence-electron chi connectivity index (χ3n) is 2.96. The molecule has 1 heterocycles. The lowest BCUT2D eigenvalue weighted by atomic mass is 10.0. The Kier molecular flexibility index (Phi) is 3.93. The monoisotopic (exact) mass is 199 g/mol. The lowest BCUT2D eigenvalue weighted by Crippen LogP contribution is -2.40. The van der Waals surface area contributed by atoms with E-state index in [2.05, 4.69) is 5.32 Å². The Labute approximate surface area is 86.2 Å². The predicted molar refractivity (Wildman–Crippen MR) is 56.1 cm³/mol. The third-order valence-corrected chi connectivity index (χ3v) is 2.96. The number of nitrogens with one attached hydrogen (secondary N) is 1. The fourth-order valence-electron chi connectivity index (χ4n) is 1.80. The Morgan fingerprint density at radius 3 is 2.64 bits per heavy atom. The maximum absolute atomic E-state index is 11.1. The van der Waals surface area contributed by atoms with E-state index in [4.69, 9.17) is 4.74 Å². The van der Waals surface area contributed by atoms with Crippen molar-refractivity contribution in [3.05, 3.63) is 0 Å². The van der Waals surface area contributed by atoms with Gasteiger partial charge in [-0.15, -0.1) is 0 Å². The molecule has 1 saturated carbocycles. The standard InChI is InChI=1S/C9H15NO2.C2H6/c1-2-8(11)10-7-5-12-6-9(7)3-4-9;1-2/h7H,2-6H2,1H3,(H,10,11);1-2H3. The first kappa shape index (κ1) is 11.5. The summed E-state index contributed by atoms with van der Waals surface area (Å²) in [5, 5.41) is 3.02. The van der Waals surface area contributed by atoms with E-state index < -0.39 is 0 Å². The normalized spacial score (nSPS) is 26.6. The summed E-state index contributed by atoms with van der Waals surface area (Å²) >= 11 is 0. The molecule has 2 rings (SSSR count). The molecule has 1 atom stereocenters. The molecule has 0 bridgehead atoms. The van der Waals surface area contributed by atoms with Gasteiger partial charge in [-0.3, -0.25) is 4.79 Å². The van der Waals surface area contributed by atoms with Gasteiger partial charge in [0.15, 0.2) is 0 Å². The van der Waals surface area contributed by atoms with Gasteiger partial charge < -0.3 is 10.1 Å². The van der Waals surface area contributed by atoms with Crippen LogP contribution in [0.25, 0.3) is 0 Å². The minimum Gasteiger partial charge on any atom is -0.379 e. The highest BCUT2D eigenvalue weighted by atomic mass is 16.5. The van der Waals surface area contributed by atoms with Crippen LogP contribution in [0.1, 0.15) is 40.0 Å². The first-order valence-electron chi connectivity index (χ1n) is 5.64. The molecule has 0 aromatic carbocycles. The van der Waals surface area contributed by atoms with Crippen molar-refractivity contribution in [2.45, 2.75) is 46.1 Å². The Morgan fingerprint density at radius 2 is 2.14 bits per heavy atom. The topological polar surface area (TPSA) is 38.3 Å². The van der Waals surface area contributed by atoms with Crippen molar-refractivity contribution in [1.29, 1.82) is 0 Å². The van der Waals surface area contributed by atoms with Crippen molar-refractivity contribution in [3.8, 4) is 0 Å². The zero-order valence-electron chi connectivity index (χ0n) is 9.43. The summed E-state index contributed by atoms with van der Waals surface area (Å²) in [6.45, 7) is 7.44. The molecule has 0 radical (unpaired) electrons. The van der Waals surface area contributed by atoms with Crippen LogP contribution >= 0.6 is 0 Å². The number of hydrogen-bond acceptors (Lipinski definition) is 2. The SMILES string of the molecule is CC.CCC(=O)NC1COCC12CC2. The molecule has 0 aromatic rings. The summed E-state index contributed by atoms with van der Waals surface area (Å²) in [5.41, 5.74) is 0.338. The van der Waals surface area contributed by atoms with E-state index in [0.717, 1.165) is 6.61 Å². The minimum absolute atomic E-state index is 0.150. The quantitative estimate of drug-likeness (QED) is 0.735. The third kappa shape index (κ3) is 2.27. The number of carbonyl (C=O) groups is 1. The van der Waals surface area contributed by atoms with E-state index in [1.807, 2.05) is 20.8 Å². The molecule has 1 N–H and O–H groups in total. The number of amides is 1. The lowest BCUT2D eigenvalue weighted by molar-refractivity contribution is -0.121. The summed E-state index contributed by atoms with van der Waals surface area (Å²) < 4.78 is 5.37. The van der Waals surface area contributed by atoms with Crippen LogP contribution in [0.3, 0.4) is 0 Å². The summed E-state index contributed by atoms with van der Waals surface area (Å²) in [7, 11) is 0. The number of ether oxygens (including phenoxy) is 1. The molecule has 1 amide bonds. The number of hydrogen-bond donors (Lipinski definition) is 1. The van der Waals surface area contributed by atoms with Gasteiger partial charge in [-0.05, 0) is 12.8 Å². The molecular weight excluding hydrogens is 178 g/mol. The Morgan fingerprint density at radius 1 is 1.50 bits per heavy atom. The van der Waals surface area contributed by atoms with Gasteiger partial charge in [-0.25, -0.2) is 0 Å². The largest absolute Gasteiger partial charge is 0.379 e. The zero-order valence-corrected chi connectivity index (χ0v) is 9.43. The second kappa shape index (κ2) is 4.78. The molecule has 1 saturated heterocycles. The van der Waals surface area contributed by atoms with E-state index in [0.29, 0.717) is 24.5 Å². The van der Waals surface area contributed by atoms with Gasteiger partial charge in [-0.1, -0.05) is 20.8 Å². The molecule has 0 aromatic heterocycles. The summed E-state index contributed by atoms with van der Waals surface area (Å²) in [6.07, 6.45) is 3.02. The average Bonchev–Trinajstić information content (AvgIpc) is 2.89. The fourth-order valence-corrected chi connectivity index (χ4v) is 1.80. The average molecular weight is 199 g/mol. The van der Waals surface area contributed by atoms with Crippen molar-refractivity contribution < 1.29 is 9.53 Å². The van der Waals surface area contributed by atoms with E-state index in [9.17, 15) is 4.79 Å². The van der Waals surface area contributed by atoms with Crippen molar-refractivity contribution in [3.63, 3.8) is 0 Å². The van der Waals surface area contributed by atoms with Crippen molar-refractivity contribution >= 4 is 5.91 Å². The summed E-state index contributed by atoms with van der Waals surface area (Å²) in [4.78, 5) is 11.1. The van der Waals surface area contributed by atoms with E-state index in [-0.39, 0.29) is 5.91 Å². The fraction of sp³-hybridized carbons (Fsp3) is 0.909. The highest BCUT2D eigenvalue weighted by Gasteiger charge is 2.53. The van der Waals surface area contributed by atoms with Gasteiger partial charge in [0.2, 0.25) is 5.91 Å². The van der Waals surface area contributed by atoms with E-state index >= 15 is 0 Å². The first-order chi connectivity index (χ1) is 6.77. The van der Waals surface area contributed by atoms with Crippen LogP contribution in [0.2, 0.25) is 0 Å². The van der Waals surface area contributed by atoms with Crippen molar-refractivity contribution in [1.82, 2.24) is 5.32 Å². The van der Waals surface area contributed by atoms with Crippen LogP contribution in [-0.2, 0) is 9.53 Å². The number of carbonyl (C=O) groups excluding carboxylic acids is 1. The smallest absolute Gasteiger partial charge is 0.220 e. The molecule has 14 heavy (non-hydrogen) atoms. The maximum atomic E-state index is 11.1. The van der Waals surface area contributed by atoms with Crippen LogP contribution in [-0.4, -0.2) is 25.2 Å². The van der Waals surface area contributed by atoms with E-state index in [1.165, 1.54) is 12.8 Å². The summed E-state index contributed by atoms with van der Waals surface area (Å²) in [5.74, 6) is 0.150. The van der Waals surface area contributed by atoms with Gasteiger partial charge in [0, 0.05) is 11.8 Å². The minimum atomic E-state index is 0.150. The van der Waals surface area contributed by atoms with Gasteiger partial charge in [0.25, 0.3) is 0 Å². The molecule has 82 valence electrons. The highest BCUT2D eigenvalue weighted by Crippen LogP contribution is 2.51. The van der Waals surface area contributed by atoms with Crippen LogP contribution in [0.4, 0.5) is 0 Å². The second-order valence-electron chi connectivity index (χ2n) is 3.85. The molecule has 1 spiro atoms. The van der Waals surface area contributed by atoms with Crippen LogP contribution in [0, 0.1) is 5.41 Å². The molecule has 2 fully saturated rings. The second-order valence-corrected chi connectivity index (χ2v) is 3.85. The lowest BCUT2D eigenvalue weighted by Gasteiger charge is -2.16. The molecule has 1 aliphatic heterocycles. The molecule has 1 aliphatic carbocycles. The van der Waals surface area contributed by atoms with Gasteiger partial charge >= 0.3 is 0 Å². The molecule has 2 aliphatic rings. The van der Waals surface area contributed by atoms with Gasteiger partial charge in [-0.2, -0.15) is 0 Å². The Hall–Kier alpha value is -0.570. The molecule has 1 unspecified atom stereocenters. The van der Waals surface area contributed by atoms with E-state index in [1.54, 1.807) is 0 Å².